The van der Waals surface area contributed by atoms with Crippen molar-refractivity contribution in [3.05, 3.63) is 16.8 Å². The molecule has 1 aromatic heterocycles. The van der Waals surface area contributed by atoms with Crippen LogP contribution < -0.4 is 11.4 Å². The van der Waals surface area contributed by atoms with E-state index >= 15 is 0 Å². The van der Waals surface area contributed by atoms with Gasteiger partial charge in [0.2, 0.25) is 5.95 Å². The van der Waals surface area contributed by atoms with E-state index in [-0.39, 0.29) is 17.7 Å². The predicted octanol–water partition coefficient (Wildman–Crippen LogP) is 0.192. The Morgan fingerprint density at radius 2 is 2.42 bits per heavy atom. The number of rotatable bonds is 2. The van der Waals surface area contributed by atoms with Gasteiger partial charge >= 0.3 is 5.69 Å². The van der Waals surface area contributed by atoms with E-state index in [1.165, 1.54) is 10.9 Å². The number of hydrogen-bond donors (Lipinski definition) is 1. The summed E-state index contributed by atoms with van der Waals surface area (Å²) in [6, 6.07) is 0.123. The molecule has 0 amide bonds. The van der Waals surface area contributed by atoms with E-state index in [9.17, 15) is 4.79 Å². The van der Waals surface area contributed by atoms with Crippen LogP contribution in [0.15, 0.2) is 11.1 Å². The molecule has 0 spiro atoms. The minimum atomic E-state index is -0.336. The van der Waals surface area contributed by atoms with Crippen LogP contribution in [0, 0.1) is 0 Å². The van der Waals surface area contributed by atoms with Crippen molar-refractivity contribution in [2.45, 2.75) is 26.3 Å². The lowest BCUT2D eigenvalue weighted by atomic mass is 10.3. The summed E-state index contributed by atoms with van der Waals surface area (Å²) in [5.41, 5.74) is 4.90. The highest BCUT2D eigenvalue weighted by Gasteiger charge is 2.04. The fourth-order valence-corrected chi connectivity index (χ4v) is 0.854. The smallest absolute Gasteiger partial charge is 0.352 e. The van der Waals surface area contributed by atoms with Crippen LogP contribution in [0.4, 0.5) is 5.95 Å². The minimum Gasteiger partial charge on any atom is -0.368 e. The number of hydrogen-bond acceptors (Lipinski definition) is 4. The number of nitrogen functional groups attached to an aromatic ring is 1. The molecule has 0 aromatic carbocycles. The second kappa shape index (κ2) is 3.34. The number of nitrogens with two attached hydrogens (primary N) is 1. The van der Waals surface area contributed by atoms with Crippen LogP contribution in [0.1, 0.15) is 26.3 Å². The van der Waals surface area contributed by atoms with Gasteiger partial charge in [-0.3, -0.25) is 4.57 Å². The Labute approximate surface area is 70.3 Å². The topological polar surface area (TPSA) is 73.8 Å². The molecule has 0 aliphatic heterocycles. The summed E-state index contributed by atoms with van der Waals surface area (Å²) >= 11 is 0. The van der Waals surface area contributed by atoms with Crippen molar-refractivity contribution < 1.29 is 0 Å². The van der Waals surface area contributed by atoms with Gasteiger partial charge in [0.05, 0.1) is 0 Å². The van der Waals surface area contributed by atoms with Gasteiger partial charge in [0, 0.05) is 6.04 Å². The quantitative estimate of drug-likeness (QED) is 0.684. The first-order valence-corrected chi connectivity index (χ1v) is 3.85. The molecule has 66 valence electrons. The van der Waals surface area contributed by atoms with Gasteiger partial charge in [-0.15, -0.1) is 0 Å². The van der Waals surface area contributed by atoms with Gasteiger partial charge in [-0.05, 0) is 13.3 Å². The highest BCUT2D eigenvalue weighted by Crippen LogP contribution is 2.04. The van der Waals surface area contributed by atoms with Gasteiger partial charge in [0.25, 0.3) is 0 Å². The summed E-state index contributed by atoms with van der Waals surface area (Å²) in [6.45, 7) is 3.93. The molecular weight excluding hydrogens is 156 g/mol. The Hall–Kier alpha value is -1.39. The van der Waals surface area contributed by atoms with Crippen molar-refractivity contribution in [2.75, 3.05) is 5.73 Å². The first kappa shape index (κ1) is 8.70. The second-order valence-electron chi connectivity index (χ2n) is 2.66. The van der Waals surface area contributed by atoms with Crippen molar-refractivity contribution in [1.82, 2.24) is 14.5 Å². The lowest BCUT2D eigenvalue weighted by Crippen LogP contribution is -2.26. The maximum atomic E-state index is 11.2. The van der Waals surface area contributed by atoms with E-state index in [0.717, 1.165) is 6.42 Å². The third kappa shape index (κ3) is 1.61. The largest absolute Gasteiger partial charge is 0.368 e. The fourth-order valence-electron chi connectivity index (χ4n) is 0.854. The molecule has 5 heteroatoms. The van der Waals surface area contributed by atoms with Gasteiger partial charge in [-0.2, -0.15) is 4.98 Å². The standard InChI is InChI=1S/C7H12N4O/c1-3-5(2)11-4-9-6(8)10-7(11)12/h4-5H,3H2,1-2H3,(H2,8,10,12). The molecule has 0 aliphatic rings. The summed E-state index contributed by atoms with van der Waals surface area (Å²) in [4.78, 5) is 18.4. The van der Waals surface area contributed by atoms with Gasteiger partial charge in [-0.1, -0.05) is 6.92 Å². The Kier molecular flexibility index (Phi) is 2.42. The summed E-state index contributed by atoms with van der Waals surface area (Å²) in [5, 5.41) is 0. The molecule has 1 aromatic rings. The molecule has 0 fully saturated rings. The molecule has 12 heavy (non-hydrogen) atoms. The van der Waals surface area contributed by atoms with Crippen molar-refractivity contribution in [3.63, 3.8) is 0 Å². The monoisotopic (exact) mass is 168 g/mol. The van der Waals surface area contributed by atoms with Crippen LogP contribution in [0.3, 0.4) is 0 Å². The molecule has 0 saturated carbocycles. The maximum Gasteiger partial charge on any atom is 0.352 e. The maximum absolute atomic E-state index is 11.2. The molecule has 1 unspecified atom stereocenters. The Morgan fingerprint density at radius 1 is 1.75 bits per heavy atom. The van der Waals surface area contributed by atoms with Crippen molar-refractivity contribution in [2.24, 2.45) is 0 Å². The average molecular weight is 168 g/mol. The molecule has 1 atom stereocenters. The van der Waals surface area contributed by atoms with E-state index in [0.29, 0.717) is 0 Å². The van der Waals surface area contributed by atoms with Crippen molar-refractivity contribution >= 4 is 5.95 Å². The van der Waals surface area contributed by atoms with Crippen LogP contribution in [0.5, 0.6) is 0 Å². The first-order valence-electron chi connectivity index (χ1n) is 3.85. The van der Waals surface area contributed by atoms with E-state index in [2.05, 4.69) is 9.97 Å². The zero-order valence-corrected chi connectivity index (χ0v) is 7.19. The zero-order valence-electron chi connectivity index (χ0n) is 7.19. The Bertz CT molecular complexity index is 319. The first-order chi connectivity index (χ1) is 5.65. The lowest BCUT2D eigenvalue weighted by molar-refractivity contribution is 0.496. The molecule has 0 saturated heterocycles. The molecule has 2 N–H and O–H groups in total. The molecule has 0 aliphatic carbocycles. The highest BCUT2D eigenvalue weighted by molar-refractivity contribution is 5.09. The Morgan fingerprint density at radius 3 is 2.92 bits per heavy atom. The Balaban J connectivity index is 3.10. The van der Waals surface area contributed by atoms with Crippen LogP contribution in [-0.4, -0.2) is 14.5 Å². The molecule has 0 bridgehead atoms. The van der Waals surface area contributed by atoms with E-state index in [4.69, 9.17) is 5.73 Å². The van der Waals surface area contributed by atoms with E-state index in [1.54, 1.807) is 0 Å². The van der Waals surface area contributed by atoms with E-state index in [1.807, 2.05) is 13.8 Å². The van der Waals surface area contributed by atoms with Crippen molar-refractivity contribution in [1.29, 1.82) is 0 Å². The number of aromatic nitrogens is 3. The third-order valence-electron chi connectivity index (χ3n) is 1.81. The predicted molar refractivity (Wildman–Crippen MR) is 45.7 cm³/mol. The van der Waals surface area contributed by atoms with Crippen LogP contribution >= 0.6 is 0 Å². The van der Waals surface area contributed by atoms with Crippen LogP contribution in [0.25, 0.3) is 0 Å². The van der Waals surface area contributed by atoms with Crippen LogP contribution in [0.2, 0.25) is 0 Å². The molecule has 1 heterocycles. The minimum absolute atomic E-state index is 0.0274. The average Bonchev–Trinajstić information content (AvgIpc) is 2.03. The number of anilines is 1. The summed E-state index contributed by atoms with van der Waals surface area (Å²) in [7, 11) is 0. The third-order valence-corrected chi connectivity index (χ3v) is 1.81. The van der Waals surface area contributed by atoms with E-state index < -0.39 is 0 Å². The summed E-state index contributed by atoms with van der Waals surface area (Å²) in [6.07, 6.45) is 2.30. The summed E-state index contributed by atoms with van der Waals surface area (Å²) < 4.78 is 1.47. The molecule has 5 nitrogen and oxygen atoms in total. The van der Waals surface area contributed by atoms with Gasteiger partial charge in [-0.25, -0.2) is 9.78 Å². The van der Waals surface area contributed by atoms with Gasteiger partial charge in [0.1, 0.15) is 6.33 Å². The van der Waals surface area contributed by atoms with Gasteiger partial charge < -0.3 is 5.73 Å². The molecular formula is C7H12N4O. The molecule has 1 rings (SSSR count). The lowest BCUT2D eigenvalue weighted by Gasteiger charge is -2.10. The van der Waals surface area contributed by atoms with Crippen molar-refractivity contribution in [3.8, 4) is 0 Å². The van der Waals surface area contributed by atoms with Crippen LogP contribution in [-0.2, 0) is 0 Å². The second-order valence-corrected chi connectivity index (χ2v) is 2.66. The highest BCUT2D eigenvalue weighted by atomic mass is 16.1. The van der Waals surface area contributed by atoms with Gasteiger partial charge in [0.15, 0.2) is 0 Å². The summed E-state index contributed by atoms with van der Waals surface area (Å²) in [5.74, 6) is 0.0274. The normalized spacial score (nSPS) is 12.8. The fraction of sp³-hybridized carbons (Fsp3) is 0.571. The molecule has 0 radical (unpaired) electrons. The number of nitrogens with zero attached hydrogens (tertiary/aromatic N) is 3. The SMILES string of the molecule is CCC(C)n1cnc(N)nc1=O. The zero-order chi connectivity index (χ0) is 9.14.